The average Bonchev–Trinajstić information content (AvgIpc) is 2.32. The van der Waals surface area contributed by atoms with Gasteiger partial charge >= 0.3 is 0 Å². The van der Waals surface area contributed by atoms with Crippen molar-refractivity contribution in [3.8, 4) is 0 Å². The summed E-state index contributed by atoms with van der Waals surface area (Å²) in [5, 5.41) is 0. The molecule has 0 aliphatic carbocycles. The van der Waals surface area contributed by atoms with Gasteiger partial charge in [0.15, 0.2) is 11.6 Å². The number of rotatable bonds is 7. The Labute approximate surface area is 101 Å². The molecule has 0 bridgehead atoms. The van der Waals surface area contributed by atoms with Crippen LogP contribution >= 0.6 is 0 Å². The molecule has 1 atom stereocenters. The highest BCUT2D eigenvalue weighted by Crippen LogP contribution is 2.14. The fourth-order valence-electron chi connectivity index (χ4n) is 1.50. The molecule has 0 heterocycles. The Bertz CT molecular complexity index is 344. The van der Waals surface area contributed by atoms with Crippen molar-refractivity contribution in [3.63, 3.8) is 0 Å². The third-order valence-electron chi connectivity index (χ3n) is 2.56. The van der Waals surface area contributed by atoms with E-state index in [0.717, 1.165) is 31.4 Å². The maximum atomic E-state index is 13.0. The first kappa shape index (κ1) is 14.1. The lowest BCUT2D eigenvalue weighted by Gasteiger charge is -2.12. The molecule has 96 valence electrons. The highest BCUT2D eigenvalue weighted by molar-refractivity contribution is 5.20. The first-order valence-electron chi connectivity index (χ1n) is 5.93. The van der Waals surface area contributed by atoms with Gasteiger partial charge in [0.05, 0.1) is 12.6 Å². The third-order valence-corrected chi connectivity index (χ3v) is 2.56. The van der Waals surface area contributed by atoms with E-state index in [-0.39, 0.29) is 0 Å². The highest BCUT2D eigenvalue weighted by Gasteiger charge is 2.09. The summed E-state index contributed by atoms with van der Waals surface area (Å²) in [6.45, 7) is 3.10. The lowest BCUT2D eigenvalue weighted by atomic mass is 10.1. The number of unbranched alkanes of at least 4 members (excludes halogenated alkanes) is 2. The third kappa shape index (κ3) is 4.79. The maximum absolute atomic E-state index is 13.0. The summed E-state index contributed by atoms with van der Waals surface area (Å²) >= 11 is 0. The van der Waals surface area contributed by atoms with Gasteiger partial charge in [-0.2, -0.15) is 0 Å². The van der Waals surface area contributed by atoms with Crippen molar-refractivity contribution in [1.29, 1.82) is 0 Å². The first-order valence-corrected chi connectivity index (χ1v) is 5.93. The van der Waals surface area contributed by atoms with E-state index in [2.05, 4.69) is 6.92 Å². The van der Waals surface area contributed by atoms with Crippen LogP contribution in [0.15, 0.2) is 18.2 Å². The van der Waals surface area contributed by atoms with Crippen molar-refractivity contribution in [3.05, 3.63) is 35.4 Å². The Morgan fingerprint density at radius 3 is 2.65 bits per heavy atom. The van der Waals surface area contributed by atoms with Crippen LogP contribution in [0, 0.1) is 11.6 Å². The standard InChI is InChI=1S/C13H19F2NO/c1-2-3-4-7-17-9-13(16)10-5-6-11(14)12(15)8-10/h5-6,8,13H,2-4,7,9,16H2,1H3. The summed E-state index contributed by atoms with van der Waals surface area (Å²) in [7, 11) is 0. The predicted molar refractivity (Wildman–Crippen MR) is 63.6 cm³/mol. The molecule has 0 fully saturated rings. The Hall–Kier alpha value is -1.00. The molecule has 0 aliphatic rings. The van der Waals surface area contributed by atoms with Crippen LogP contribution in [-0.4, -0.2) is 13.2 Å². The summed E-state index contributed by atoms with van der Waals surface area (Å²) in [5.41, 5.74) is 6.37. The first-order chi connectivity index (χ1) is 8.15. The van der Waals surface area contributed by atoms with E-state index in [9.17, 15) is 8.78 Å². The van der Waals surface area contributed by atoms with Crippen LogP contribution in [0.5, 0.6) is 0 Å². The molecular weight excluding hydrogens is 224 g/mol. The molecule has 2 nitrogen and oxygen atoms in total. The number of ether oxygens (including phenoxy) is 1. The van der Waals surface area contributed by atoms with Crippen LogP contribution in [0.3, 0.4) is 0 Å². The molecule has 0 saturated carbocycles. The Morgan fingerprint density at radius 1 is 1.24 bits per heavy atom. The van der Waals surface area contributed by atoms with Gasteiger partial charge in [0.25, 0.3) is 0 Å². The molecule has 2 N–H and O–H groups in total. The minimum atomic E-state index is -0.871. The zero-order valence-corrected chi connectivity index (χ0v) is 10.1. The number of nitrogens with two attached hydrogens (primary N) is 1. The zero-order chi connectivity index (χ0) is 12.7. The molecule has 4 heteroatoms. The number of hydrogen-bond acceptors (Lipinski definition) is 2. The van der Waals surface area contributed by atoms with Gasteiger partial charge in [0, 0.05) is 6.61 Å². The molecule has 0 spiro atoms. The fraction of sp³-hybridized carbons (Fsp3) is 0.538. The molecule has 0 aliphatic heterocycles. The summed E-state index contributed by atoms with van der Waals surface area (Å²) in [5.74, 6) is -1.73. The molecular formula is C13H19F2NO. The number of hydrogen-bond donors (Lipinski definition) is 1. The van der Waals surface area contributed by atoms with Crippen molar-refractivity contribution in [2.75, 3.05) is 13.2 Å². The minimum absolute atomic E-state index is 0.328. The smallest absolute Gasteiger partial charge is 0.159 e. The lowest BCUT2D eigenvalue weighted by molar-refractivity contribution is 0.117. The van der Waals surface area contributed by atoms with Crippen molar-refractivity contribution in [2.24, 2.45) is 5.73 Å². The van der Waals surface area contributed by atoms with Crippen molar-refractivity contribution < 1.29 is 13.5 Å². The Morgan fingerprint density at radius 2 is 2.00 bits per heavy atom. The zero-order valence-electron chi connectivity index (χ0n) is 10.1. The molecule has 1 aromatic rings. The van der Waals surface area contributed by atoms with Crippen LogP contribution in [-0.2, 0) is 4.74 Å². The van der Waals surface area contributed by atoms with Crippen LogP contribution in [0.4, 0.5) is 8.78 Å². The van der Waals surface area contributed by atoms with Gasteiger partial charge in [0.2, 0.25) is 0 Å². The molecule has 0 amide bonds. The molecule has 1 aromatic carbocycles. The van der Waals surface area contributed by atoms with E-state index in [1.165, 1.54) is 6.07 Å². The van der Waals surface area contributed by atoms with E-state index >= 15 is 0 Å². The molecule has 17 heavy (non-hydrogen) atoms. The van der Waals surface area contributed by atoms with Gasteiger partial charge in [-0.05, 0) is 24.1 Å². The van der Waals surface area contributed by atoms with Gasteiger partial charge in [-0.1, -0.05) is 25.8 Å². The molecule has 0 radical (unpaired) electrons. The van der Waals surface area contributed by atoms with E-state index in [4.69, 9.17) is 10.5 Å². The monoisotopic (exact) mass is 243 g/mol. The second-order valence-electron chi connectivity index (χ2n) is 4.06. The van der Waals surface area contributed by atoms with E-state index in [1.54, 1.807) is 0 Å². The van der Waals surface area contributed by atoms with Crippen LogP contribution in [0.1, 0.15) is 37.8 Å². The summed E-state index contributed by atoms with van der Waals surface area (Å²) in [4.78, 5) is 0. The molecule has 0 saturated heterocycles. The predicted octanol–water partition coefficient (Wildman–Crippen LogP) is 3.17. The topological polar surface area (TPSA) is 35.2 Å². The molecule has 1 unspecified atom stereocenters. The van der Waals surface area contributed by atoms with E-state index in [0.29, 0.717) is 18.8 Å². The van der Waals surface area contributed by atoms with Crippen LogP contribution in [0.25, 0.3) is 0 Å². The van der Waals surface area contributed by atoms with Crippen molar-refractivity contribution in [1.82, 2.24) is 0 Å². The maximum Gasteiger partial charge on any atom is 0.159 e. The van der Waals surface area contributed by atoms with Gasteiger partial charge < -0.3 is 10.5 Å². The quantitative estimate of drug-likeness (QED) is 0.746. The Balaban J connectivity index is 2.36. The fourth-order valence-corrected chi connectivity index (χ4v) is 1.50. The van der Waals surface area contributed by atoms with Crippen molar-refractivity contribution in [2.45, 2.75) is 32.2 Å². The molecule has 0 aromatic heterocycles. The second-order valence-corrected chi connectivity index (χ2v) is 4.06. The minimum Gasteiger partial charge on any atom is -0.379 e. The van der Waals surface area contributed by atoms with Gasteiger partial charge in [-0.3, -0.25) is 0 Å². The molecule has 1 rings (SSSR count). The largest absolute Gasteiger partial charge is 0.379 e. The van der Waals surface area contributed by atoms with Gasteiger partial charge in [-0.15, -0.1) is 0 Å². The summed E-state index contributed by atoms with van der Waals surface area (Å²) < 4.78 is 31.0. The highest BCUT2D eigenvalue weighted by atomic mass is 19.2. The summed E-state index contributed by atoms with van der Waals surface area (Å²) in [6.07, 6.45) is 3.26. The Kier molecular flexibility index (Phi) is 6.08. The number of halogens is 2. The van der Waals surface area contributed by atoms with Gasteiger partial charge in [0.1, 0.15) is 0 Å². The second kappa shape index (κ2) is 7.35. The SMILES string of the molecule is CCCCCOCC(N)c1ccc(F)c(F)c1. The normalized spacial score (nSPS) is 12.7. The van der Waals surface area contributed by atoms with Crippen LogP contribution < -0.4 is 5.73 Å². The van der Waals surface area contributed by atoms with Crippen molar-refractivity contribution >= 4 is 0 Å². The summed E-state index contributed by atoms with van der Waals surface area (Å²) in [6, 6.07) is 3.28. The van der Waals surface area contributed by atoms with Gasteiger partial charge in [-0.25, -0.2) is 8.78 Å². The van der Waals surface area contributed by atoms with E-state index in [1.807, 2.05) is 0 Å². The van der Waals surface area contributed by atoms with E-state index < -0.39 is 17.7 Å². The number of benzene rings is 1. The lowest BCUT2D eigenvalue weighted by Crippen LogP contribution is -2.17. The van der Waals surface area contributed by atoms with Crippen LogP contribution in [0.2, 0.25) is 0 Å². The average molecular weight is 243 g/mol.